The molecule has 4 rings (SSSR count). The molecular formula is C24H21NO5S. The molecule has 0 saturated heterocycles. The van der Waals surface area contributed by atoms with Crippen LogP contribution >= 0.6 is 11.3 Å². The molecule has 0 amide bonds. The van der Waals surface area contributed by atoms with Crippen molar-refractivity contribution in [2.24, 2.45) is 0 Å². The summed E-state index contributed by atoms with van der Waals surface area (Å²) >= 11 is 1.45. The van der Waals surface area contributed by atoms with Crippen LogP contribution in [0.15, 0.2) is 60.0 Å². The molecule has 1 aromatic heterocycles. The van der Waals surface area contributed by atoms with Crippen molar-refractivity contribution in [1.29, 1.82) is 0 Å². The summed E-state index contributed by atoms with van der Waals surface area (Å²) in [5.74, 6) is 1.26. The van der Waals surface area contributed by atoms with E-state index >= 15 is 0 Å². The lowest BCUT2D eigenvalue weighted by atomic mass is 10.1. The number of methoxy groups -OCH3 is 3. The summed E-state index contributed by atoms with van der Waals surface area (Å²) in [6.45, 7) is 0.0532. The van der Waals surface area contributed by atoms with E-state index in [4.69, 9.17) is 18.9 Å². The molecule has 0 atom stereocenters. The van der Waals surface area contributed by atoms with Crippen molar-refractivity contribution in [3.8, 4) is 27.8 Å². The van der Waals surface area contributed by atoms with Gasteiger partial charge in [0.2, 0.25) is 0 Å². The molecule has 7 heteroatoms. The van der Waals surface area contributed by atoms with Crippen LogP contribution in [0.3, 0.4) is 0 Å². The second-order valence-electron chi connectivity index (χ2n) is 6.66. The summed E-state index contributed by atoms with van der Waals surface area (Å²) in [7, 11) is 4.72. The predicted octanol–water partition coefficient (Wildman–Crippen LogP) is 5.35. The van der Waals surface area contributed by atoms with Gasteiger partial charge in [-0.25, -0.2) is 9.78 Å². The molecule has 0 bridgehead atoms. The van der Waals surface area contributed by atoms with Crippen molar-refractivity contribution in [2.75, 3.05) is 21.3 Å². The fraction of sp³-hybridized carbons (Fsp3) is 0.167. The average molecular weight is 436 g/mol. The summed E-state index contributed by atoms with van der Waals surface area (Å²) in [6.07, 6.45) is 0. The standard InChI is InChI=1S/C24H21NO5S/c1-27-20-10-6-9-18(22(20)29-3)23-25-17(14-31-23)13-30-24(26)19-11-15-7-4-5-8-16(15)12-21(19)28-2/h4-12,14H,13H2,1-3H3. The van der Waals surface area contributed by atoms with Crippen LogP contribution in [-0.4, -0.2) is 32.3 Å². The molecule has 6 nitrogen and oxygen atoms in total. The number of ether oxygens (including phenoxy) is 4. The number of esters is 1. The average Bonchev–Trinajstić information content (AvgIpc) is 3.29. The smallest absolute Gasteiger partial charge is 0.342 e. The molecule has 0 aliphatic carbocycles. The molecule has 4 aromatic rings. The molecule has 0 unspecified atom stereocenters. The SMILES string of the molecule is COc1cc2ccccc2cc1C(=O)OCc1csc(-c2cccc(OC)c2OC)n1. The van der Waals surface area contributed by atoms with Crippen LogP contribution in [0.4, 0.5) is 0 Å². The second kappa shape index (κ2) is 9.06. The van der Waals surface area contributed by atoms with Gasteiger partial charge in [0.1, 0.15) is 22.9 Å². The Morgan fingerprint density at radius 3 is 2.35 bits per heavy atom. The van der Waals surface area contributed by atoms with Gasteiger partial charge in [0, 0.05) is 5.38 Å². The van der Waals surface area contributed by atoms with E-state index in [2.05, 4.69) is 4.98 Å². The van der Waals surface area contributed by atoms with Gasteiger partial charge < -0.3 is 18.9 Å². The van der Waals surface area contributed by atoms with Gasteiger partial charge in [0.05, 0.1) is 32.6 Å². The first kappa shape index (κ1) is 20.7. The Morgan fingerprint density at radius 2 is 1.65 bits per heavy atom. The normalized spacial score (nSPS) is 10.7. The zero-order valence-corrected chi connectivity index (χ0v) is 18.2. The third-order valence-corrected chi connectivity index (χ3v) is 5.75. The summed E-state index contributed by atoms with van der Waals surface area (Å²) in [4.78, 5) is 17.3. The van der Waals surface area contributed by atoms with Crippen LogP contribution < -0.4 is 14.2 Å². The maximum absolute atomic E-state index is 12.7. The van der Waals surface area contributed by atoms with Gasteiger partial charge in [-0.05, 0) is 35.0 Å². The van der Waals surface area contributed by atoms with Gasteiger partial charge in [-0.1, -0.05) is 30.3 Å². The Bertz CT molecular complexity index is 1230. The third-order valence-electron chi connectivity index (χ3n) is 4.82. The first-order valence-corrected chi connectivity index (χ1v) is 10.4. The highest BCUT2D eigenvalue weighted by atomic mass is 32.1. The molecule has 3 aromatic carbocycles. The van der Waals surface area contributed by atoms with Crippen LogP contribution in [0.25, 0.3) is 21.3 Å². The molecule has 158 valence electrons. The van der Waals surface area contributed by atoms with E-state index in [1.165, 1.54) is 18.4 Å². The van der Waals surface area contributed by atoms with Crippen LogP contribution in [0.2, 0.25) is 0 Å². The van der Waals surface area contributed by atoms with E-state index in [0.29, 0.717) is 28.5 Å². The monoisotopic (exact) mass is 435 g/mol. The van der Waals surface area contributed by atoms with E-state index in [1.807, 2.05) is 53.9 Å². The lowest BCUT2D eigenvalue weighted by molar-refractivity contribution is 0.0465. The van der Waals surface area contributed by atoms with Crippen molar-refractivity contribution >= 4 is 28.1 Å². The molecule has 0 aliphatic heterocycles. The quantitative estimate of drug-likeness (QED) is 0.365. The number of rotatable bonds is 7. The minimum atomic E-state index is -0.462. The summed E-state index contributed by atoms with van der Waals surface area (Å²) < 4.78 is 21.8. The maximum atomic E-state index is 12.7. The summed E-state index contributed by atoms with van der Waals surface area (Å²) in [5.41, 5.74) is 1.85. The number of hydrogen-bond acceptors (Lipinski definition) is 7. The summed E-state index contributed by atoms with van der Waals surface area (Å²) in [6, 6.07) is 17.0. The van der Waals surface area contributed by atoms with Gasteiger partial charge >= 0.3 is 5.97 Å². The Labute approximate surface area is 184 Å². The predicted molar refractivity (Wildman–Crippen MR) is 120 cm³/mol. The highest BCUT2D eigenvalue weighted by Gasteiger charge is 2.18. The molecule has 0 saturated carbocycles. The van der Waals surface area contributed by atoms with Crippen molar-refractivity contribution in [3.63, 3.8) is 0 Å². The number of benzene rings is 3. The van der Waals surface area contributed by atoms with Gasteiger partial charge in [-0.2, -0.15) is 0 Å². The van der Waals surface area contributed by atoms with Crippen molar-refractivity contribution < 1.29 is 23.7 Å². The largest absolute Gasteiger partial charge is 0.496 e. The number of carbonyl (C=O) groups excluding carboxylic acids is 1. The summed E-state index contributed by atoms with van der Waals surface area (Å²) in [5, 5.41) is 4.55. The Morgan fingerprint density at radius 1 is 0.903 bits per heavy atom. The minimum absolute atomic E-state index is 0.0532. The fourth-order valence-corrected chi connectivity index (χ4v) is 4.14. The van der Waals surface area contributed by atoms with E-state index < -0.39 is 5.97 Å². The molecule has 0 fully saturated rings. The molecule has 0 spiro atoms. The lowest BCUT2D eigenvalue weighted by Crippen LogP contribution is -2.07. The second-order valence-corrected chi connectivity index (χ2v) is 7.52. The van der Waals surface area contributed by atoms with Gasteiger partial charge in [-0.3, -0.25) is 0 Å². The number of carbonyl (C=O) groups is 1. The van der Waals surface area contributed by atoms with Gasteiger partial charge in [-0.15, -0.1) is 11.3 Å². The zero-order chi connectivity index (χ0) is 21.8. The molecule has 31 heavy (non-hydrogen) atoms. The Hall–Kier alpha value is -3.58. The number of thiazole rings is 1. The first-order chi connectivity index (χ1) is 15.1. The molecule has 0 radical (unpaired) electrons. The topological polar surface area (TPSA) is 66.9 Å². The Kier molecular flexibility index (Phi) is 6.04. The fourth-order valence-electron chi connectivity index (χ4n) is 3.32. The number of nitrogens with zero attached hydrogens (tertiary/aromatic N) is 1. The molecule has 1 heterocycles. The maximum Gasteiger partial charge on any atom is 0.342 e. The number of aromatic nitrogens is 1. The molecule has 0 aliphatic rings. The zero-order valence-electron chi connectivity index (χ0n) is 17.4. The van der Waals surface area contributed by atoms with E-state index in [9.17, 15) is 4.79 Å². The Balaban J connectivity index is 1.53. The van der Waals surface area contributed by atoms with E-state index in [-0.39, 0.29) is 6.61 Å². The van der Waals surface area contributed by atoms with Gasteiger partial charge in [0.15, 0.2) is 11.5 Å². The van der Waals surface area contributed by atoms with Crippen LogP contribution in [0.1, 0.15) is 16.1 Å². The highest BCUT2D eigenvalue weighted by molar-refractivity contribution is 7.13. The van der Waals surface area contributed by atoms with Crippen LogP contribution in [-0.2, 0) is 11.3 Å². The van der Waals surface area contributed by atoms with E-state index in [1.54, 1.807) is 20.3 Å². The van der Waals surface area contributed by atoms with Gasteiger partial charge in [0.25, 0.3) is 0 Å². The third kappa shape index (κ3) is 4.18. The van der Waals surface area contributed by atoms with E-state index in [0.717, 1.165) is 21.3 Å². The number of fused-ring (bicyclic) bond motifs is 1. The number of hydrogen-bond donors (Lipinski definition) is 0. The minimum Gasteiger partial charge on any atom is -0.496 e. The van der Waals surface area contributed by atoms with Crippen molar-refractivity contribution in [1.82, 2.24) is 4.98 Å². The van der Waals surface area contributed by atoms with Crippen molar-refractivity contribution in [3.05, 3.63) is 71.2 Å². The molecular weight excluding hydrogens is 414 g/mol. The molecule has 0 N–H and O–H groups in total. The van der Waals surface area contributed by atoms with Crippen LogP contribution in [0, 0.1) is 0 Å². The first-order valence-electron chi connectivity index (χ1n) is 9.54. The highest BCUT2D eigenvalue weighted by Crippen LogP contribution is 2.39. The lowest BCUT2D eigenvalue weighted by Gasteiger charge is -2.11. The van der Waals surface area contributed by atoms with Crippen molar-refractivity contribution in [2.45, 2.75) is 6.61 Å². The number of para-hydroxylation sites is 1. The van der Waals surface area contributed by atoms with Crippen LogP contribution in [0.5, 0.6) is 17.2 Å².